The number of aryl methyl sites for hydroxylation is 1. The predicted molar refractivity (Wildman–Crippen MR) is 80.6 cm³/mol. The highest BCUT2D eigenvalue weighted by Crippen LogP contribution is 2.25. The van der Waals surface area contributed by atoms with Crippen LogP contribution in [0.5, 0.6) is 0 Å². The van der Waals surface area contributed by atoms with Crippen molar-refractivity contribution in [2.45, 2.75) is 51.7 Å². The average molecular weight is 262 g/mol. The summed E-state index contributed by atoms with van der Waals surface area (Å²) in [5.41, 5.74) is 3.60. The number of hydrogen-bond acceptors (Lipinski definition) is 3. The van der Waals surface area contributed by atoms with Crippen molar-refractivity contribution in [3.05, 3.63) is 29.3 Å². The molecule has 19 heavy (non-hydrogen) atoms. The van der Waals surface area contributed by atoms with Crippen LogP contribution in [0.2, 0.25) is 0 Å². The van der Waals surface area contributed by atoms with Gasteiger partial charge >= 0.3 is 0 Å². The summed E-state index contributed by atoms with van der Waals surface area (Å²) >= 11 is 0. The van der Waals surface area contributed by atoms with Gasteiger partial charge in [0.1, 0.15) is 0 Å². The van der Waals surface area contributed by atoms with Crippen LogP contribution < -0.4 is 10.2 Å². The van der Waals surface area contributed by atoms with Crippen LogP contribution in [-0.2, 0) is 6.54 Å². The molecule has 0 heterocycles. The molecular weight excluding hydrogens is 236 g/mol. The summed E-state index contributed by atoms with van der Waals surface area (Å²) in [6.07, 6.45) is 2.65. The van der Waals surface area contributed by atoms with Gasteiger partial charge in [0.05, 0.1) is 12.1 Å². The van der Waals surface area contributed by atoms with Gasteiger partial charge in [0.15, 0.2) is 0 Å². The minimum absolute atomic E-state index is 0.146. The largest absolute Gasteiger partial charge is 0.394 e. The number of anilines is 1. The van der Waals surface area contributed by atoms with Crippen LogP contribution in [0.25, 0.3) is 0 Å². The zero-order valence-corrected chi connectivity index (χ0v) is 12.5. The van der Waals surface area contributed by atoms with E-state index >= 15 is 0 Å². The number of aliphatic hydroxyl groups is 1. The second-order valence-corrected chi connectivity index (χ2v) is 6.30. The van der Waals surface area contributed by atoms with Crippen molar-refractivity contribution in [1.29, 1.82) is 0 Å². The molecule has 1 aromatic rings. The first-order valence-electron chi connectivity index (χ1n) is 7.11. The van der Waals surface area contributed by atoms with Gasteiger partial charge in [0, 0.05) is 25.3 Å². The fraction of sp³-hybridized carbons (Fsp3) is 0.625. The Kier molecular flexibility index (Phi) is 4.16. The summed E-state index contributed by atoms with van der Waals surface area (Å²) in [6, 6.07) is 7.30. The van der Waals surface area contributed by atoms with Crippen molar-refractivity contribution in [3.63, 3.8) is 0 Å². The van der Waals surface area contributed by atoms with E-state index in [0.717, 1.165) is 18.3 Å². The van der Waals surface area contributed by atoms with Crippen molar-refractivity contribution < 1.29 is 5.11 Å². The maximum Gasteiger partial charge on any atom is 0.0658 e. The lowest BCUT2D eigenvalue weighted by Gasteiger charge is -2.36. The van der Waals surface area contributed by atoms with Crippen LogP contribution in [0.1, 0.15) is 37.8 Å². The molecule has 1 aliphatic carbocycles. The molecule has 2 rings (SSSR count). The topological polar surface area (TPSA) is 35.5 Å². The number of likely N-dealkylation sites (N-methyl/N-ethyl adjacent to an activating group) is 1. The molecule has 2 N–H and O–H groups in total. The Labute approximate surface area is 116 Å². The molecule has 0 bridgehead atoms. The molecule has 3 heteroatoms. The second kappa shape index (κ2) is 5.51. The minimum Gasteiger partial charge on any atom is -0.394 e. The molecule has 0 saturated heterocycles. The lowest BCUT2D eigenvalue weighted by Crippen LogP contribution is -2.44. The van der Waals surface area contributed by atoms with E-state index in [-0.39, 0.29) is 12.1 Å². The summed E-state index contributed by atoms with van der Waals surface area (Å²) in [6.45, 7) is 7.36. The van der Waals surface area contributed by atoms with Crippen molar-refractivity contribution in [2.24, 2.45) is 0 Å². The Balaban J connectivity index is 2.08. The Morgan fingerprint density at radius 1 is 1.37 bits per heavy atom. The van der Waals surface area contributed by atoms with Crippen LogP contribution in [0.4, 0.5) is 5.69 Å². The van der Waals surface area contributed by atoms with E-state index in [0.29, 0.717) is 0 Å². The van der Waals surface area contributed by atoms with E-state index in [1.807, 2.05) is 20.9 Å². The fourth-order valence-corrected chi connectivity index (χ4v) is 2.08. The lowest BCUT2D eigenvalue weighted by atomic mass is 10.0. The van der Waals surface area contributed by atoms with E-state index in [1.54, 1.807) is 0 Å². The number of nitrogens with zero attached hydrogens (tertiary/aromatic N) is 1. The van der Waals surface area contributed by atoms with Crippen LogP contribution in [0.3, 0.4) is 0 Å². The summed E-state index contributed by atoms with van der Waals surface area (Å²) in [5, 5.41) is 13.0. The van der Waals surface area contributed by atoms with Gasteiger partial charge in [0.25, 0.3) is 0 Å². The number of hydrogen-bond donors (Lipinski definition) is 2. The number of aliphatic hydroxyl groups excluding tert-OH is 1. The average Bonchev–Trinajstić information content (AvgIpc) is 3.20. The van der Waals surface area contributed by atoms with Gasteiger partial charge in [-0.25, -0.2) is 0 Å². The number of benzene rings is 1. The van der Waals surface area contributed by atoms with E-state index in [2.05, 4.69) is 35.3 Å². The van der Waals surface area contributed by atoms with E-state index in [1.165, 1.54) is 24.0 Å². The maximum atomic E-state index is 9.45. The van der Waals surface area contributed by atoms with Gasteiger partial charge in [-0.15, -0.1) is 0 Å². The van der Waals surface area contributed by atoms with Crippen LogP contribution in [0, 0.1) is 6.92 Å². The molecule has 1 fully saturated rings. The molecule has 1 aliphatic rings. The standard InChI is InChI=1S/C16H26N2O/c1-12-9-15(18(4)16(2,3)11-19)8-5-13(12)10-17-14-6-7-14/h5,8-9,14,17,19H,6-7,10-11H2,1-4H3. The quantitative estimate of drug-likeness (QED) is 0.826. The van der Waals surface area contributed by atoms with Crippen molar-refractivity contribution in [2.75, 3.05) is 18.6 Å². The van der Waals surface area contributed by atoms with Gasteiger partial charge in [-0.1, -0.05) is 6.07 Å². The molecule has 0 radical (unpaired) electrons. The van der Waals surface area contributed by atoms with Crippen molar-refractivity contribution in [1.82, 2.24) is 5.32 Å². The van der Waals surface area contributed by atoms with Crippen LogP contribution in [0.15, 0.2) is 18.2 Å². The lowest BCUT2D eigenvalue weighted by molar-refractivity contribution is 0.216. The first-order chi connectivity index (χ1) is 8.94. The van der Waals surface area contributed by atoms with Gasteiger partial charge in [-0.2, -0.15) is 0 Å². The molecule has 0 atom stereocenters. The Morgan fingerprint density at radius 2 is 2.05 bits per heavy atom. The Morgan fingerprint density at radius 3 is 2.58 bits per heavy atom. The molecular formula is C16H26N2O. The number of rotatable bonds is 6. The Hall–Kier alpha value is -1.06. The highest BCUT2D eigenvalue weighted by Gasteiger charge is 2.23. The first-order valence-corrected chi connectivity index (χ1v) is 7.11. The molecule has 106 valence electrons. The summed E-state index contributed by atoms with van der Waals surface area (Å²) in [7, 11) is 2.03. The Bertz CT molecular complexity index is 438. The summed E-state index contributed by atoms with van der Waals surface area (Å²) in [4.78, 5) is 2.14. The monoisotopic (exact) mass is 262 g/mol. The van der Waals surface area contributed by atoms with Crippen molar-refractivity contribution >= 4 is 5.69 Å². The van der Waals surface area contributed by atoms with Gasteiger partial charge in [-0.3, -0.25) is 0 Å². The van der Waals surface area contributed by atoms with Crippen LogP contribution >= 0.6 is 0 Å². The number of nitrogens with one attached hydrogen (secondary N) is 1. The van der Waals surface area contributed by atoms with Crippen molar-refractivity contribution in [3.8, 4) is 0 Å². The van der Waals surface area contributed by atoms with E-state index in [4.69, 9.17) is 0 Å². The molecule has 0 amide bonds. The highest BCUT2D eigenvalue weighted by atomic mass is 16.3. The molecule has 0 aliphatic heterocycles. The molecule has 1 aromatic carbocycles. The van der Waals surface area contributed by atoms with Gasteiger partial charge in [0.2, 0.25) is 0 Å². The molecule has 0 unspecified atom stereocenters. The fourth-order valence-electron chi connectivity index (χ4n) is 2.08. The van der Waals surface area contributed by atoms with Gasteiger partial charge in [-0.05, 0) is 56.9 Å². The molecule has 0 aromatic heterocycles. The van der Waals surface area contributed by atoms with Crippen LogP contribution in [-0.4, -0.2) is 30.3 Å². The third-order valence-electron chi connectivity index (χ3n) is 4.17. The van der Waals surface area contributed by atoms with E-state index < -0.39 is 0 Å². The van der Waals surface area contributed by atoms with E-state index in [9.17, 15) is 5.11 Å². The zero-order chi connectivity index (χ0) is 14.0. The highest BCUT2D eigenvalue weighted by molar-refractivity contribution is 5.52. The third-order valence-corrected chi connectivity index (χ3v) is 4.17. The normalized spacial score (nSPS) is 15.6. The summed E-state index contributed by atoms with van der Waals surface area (Å²) < 4.78 is 0. The second-order valence-electron chi connectivity index (χ2n) is 6.30. The molecule has 0 spiro atoms. The SMILES string of the molecule is Cc1cc(N(C)C(C)(C)CO)ccc1CNC1CC1. The smallest absolute Gasteiger partial charge is 0.0658 e. The first kappa shape index (κ1) is 14.4. The molecule has 1 saturated carbocycles. The summed E-state index contributed by atoms with van der Waals surface area (Å²) in [5.74, 6) is 0. The predicted octanol–water partition coefficient (Wildman–Crippen LogP) is 2.45. The third kappa shape index (κ3) is 3.48. The zero-order valence-electron chi connectivity index (χ0n) is 12.5. The van der Waals surface area contributed by atoms with Gasteiger partial charge < -0.3 is 15.3 Å². The minimum atomic E-state index is -0.236. The molecule has 3 nitrogen and oxygen atoms in total. The maximum absolute atomic E-state index is 9.45.